The molecular weight excluding hydrogens is 334 g/mol. The van der Waals surface area contributed by atoms with Gasteiger partial charge in [-0.2, -0.15) is 11.8 Å². The van der Waals surface area contributed by atoms with Gasteiger partial charge < -0.3 is 4.90 Å². The van der Waals surface area contributed by atoms with Gasteiger partial charge in [0.15, 0.2) is 0 Å². The number of thioether (sulfide) groups is 1. The van der Waals surface area contributed by atoms with Gasteiger partial charge in [0.05, 0.1) is 0 Å². The summed E-state index contributed by atoms with van der Waals surface area (Å²) in [5.74, 6) is 1.17. The van der Waals surface area contributed by atoms with Crippen LogP contribution in [0.3, 0.4) is 0 Å². The molecule has 2 nitrogen and oxygen atoms in total. The molecule has 0 bridgehead atoms. The maximum Gasteiger partial charge on any atom is 0.254 e. The molecule has 1 aliphatic heterocycles. The topological polar surface area (TPSA) is 20.3 Å². The average Bonchev–Trinajstić information content (AvgIpc) is 3.05. The van der Waals surface area contributed by atoms with Crippen molar-refractivity contribution >= 4 is 39.8 Å². The van der Waals surface area contributed by atoms with Gasteiger partial charge in [-0.3, -0.25) is 4.79 Å². The number of fused-ring (bicyclic) bond motifs is 1. The van der Waals surface area contributed by atoms with Gasteiger partial charge in [-0.1, -0.05) is 42.5 Å². The Labute approximate surface area is 150 Å². The lowest BCUT2D eigenvalue weighted by atomic mass is 10.0. The van der Waals surface area contributed by atoms with Crippen LogP contribution in [-0.2, 0) is 0 Å². The van der Waals surface area contributed by atoms with Crippen molar-refractivity contribution in [1.29, 1.82) is 0 Å². The third kappa shape index (κ3) is 3.08. The maximum absolute atomic E-state index is 13.1. The fraction of sp³-hybridized carbons (Fsp3) is 0.250. The lowest BCUT2D eigenvalue weighted by Gasteiger charge is -2.21. The molecule has 2 aromatic carbocycles. The van der Waals surface area contributed by atoms with Gasteiger partial charge >= 0.3 is 0 Å². The molecule has 1 atom stereocenters. The molecule has 1 aromatic heterocycles. The first kappa shape index (κ1) is 15.7. The summed E-state index contributed by atoms with van der Waals surface area (Å²) in [7, 11) is 0. The standard InChI is InChI=1S/C20H19NOS2/c22-20(17-8-3-6-15-5-1-2-7-16(15)17)21-11-10-19(24-14-12-21)18-9-4-13-23-18/h1-9,13,19H,10-12,14H2. The predicted octanol–water partition coefficient (Wildman–Crippen LogP) is 5.22. The average molecular weight is 354 g/mol. The van der Waals surface area contributed by atoms with Crippen molar-refractivity contribution < 1.29 is 4.79 Å². The molecule has 0 saturated carbocycles. The summed E-state index contributed by atoms with van der Waals surface area (Å²) in [6.45, 7) is 1.66. The van der Waals surface area contributed by atoms with Crippen molar-refractivity contribution in [3.8, 4) is 0 Å². The molecule has 1 saturated heterocycles. The van der Waals surface area contributed by atoms with Crippen LogP contribution in [0, 0.1) is 0 Å². The number of carbonyl (C=O) groups is 1. The lowest BCUT2D eigenvalue weighted by molar-refractivity contribution is 0.0768. The second-order valence-corrected chi connectivity index (χ2v) is 8.27. The Balaban J connectivity index is 1.56. The lowest BCUT2D eigenvalue weighted by Crippen LogP contribution is -2.33. The second kappa shape index (κ2) is 6.99. The molecule has 24 heavy (non-hydrogen) atoms. The molecule has 1 amide bonds. The van der Waals surface area contributed by atoms with E-state index in [0.717, 1.165) is 41.6 Å². The van der Waals surface area contributed by atoms with E-state index < -0.39 is 0 Å². The Morgan fingerprint density at radius 2 is 1.88 bits per heavy atom. The molecular formula is C20H19NOS2. The highest BCUT2D eigenvalue weighted by atomic mass is 32.2. The molecule has 0 spiro atoms. The number of nitrogens with zero attached hydrogens (tertiary/aromatic N) is 1. The first-order valence-electron chi connectivity index (χ1n) is 8.25. The highest BCUT2D eigenvalue weighted by molar-refractivity contribution is 7.99. The van der Waals surface area contributed by atoms with E-state index in [-0.39, 0.29) is 5.91 Å². The van der Waals surface area contributed by atoms with Crippen LogP contribution >= 0.6 is 23.1 Å². The molecule has 122 valence electrons. The number of rotatable bonds is 2. The van der Waals surface area contributed by atoms with Gasteiger partial charge in [-0.05, 0) is 34.7 Å². The quantitative estimate of drug-likeness (QED) is 0.629. The van der Waals surface area contributed by atoms with Crippen LogP contribution in [0.25, 0.3) is 10.8 Å². The van der Waals surface area contributed by atoms with Gasteiger partial charge in [-0.15, -0.1) is 11.3 Å². The van der Waals surface area contributed by atoms with Crippen molar-refractivity contribution in [1.82, 2.24) is 4.90 Å². The van der Waals surface area contributed by atoms with Gasteiger partial charge in [0.1, 0.15) is 0 Å². The fourth-order valence-corrected chi connectivity index (χ4v) is 5.49. The van der Waals surface area contributed by atoms with Crippen LogP contribution in [0.4, 0.5) is 0 Å². The van der Waals surface area contributed by atoms with E-state index in [1.54, 1.807) is 0 Å². The van der Waals surface area contributed by atoms with Gasteiger partial charge in [0, 0.05) is 34.5 Å². The Morgan fingerprint density at radius 3 is 2.75 bits per heavy atom. The van der Waals surface area contributed by atoms with Crippen LogP contribution in [0.2, 0.25) is 0 Å². The van der Waals surface area contributed by atoms with Crippen LogP contribution in [0.1, 0.15) is 26.9 Å². The SMILES string of the molecule is O=C(c1cccc2ccccc12)N1CCSC(c2cccs2)CC1. The van der Waals surface area contributed by atoms with E-state index in [1.165, 1.54) is 4.88 Å². The summed E-state index contributed by atoms with van der Waals surface area (Å²) in [5.41, 5.74) is 0.827. The summed E-state index contributed by atoms with van der Waals surface area (Å²) in [4.78, 5) is 16.5. The fourth-order valence-electron chi connectivity index (χ4n) is 3.26. The minimum atomic E-state index is 0.166. The highest BCUT2D eigenvalue weighted by Crippen LogP contribution is 2.37. The number of benzene rings is 2. The molecule has 2 heterocycles. The summed E-state index contributed by atoms with van der Waals surface area (Å²) in [6, 6.07) is 18.5. The number of hydrogen-bond donors (Lipinski definition) is 0. The van der Waals surface area contributed by atoms with E-state index in [9.17, 15) is 4.79 Å². The van der Waals surface area contributed by atoms with Crippen LogP contribution in [0.5, 0.6) is 0 Å². The van der Waals surface area contributed by atoms with E-state index >= 15 is 0 Å². The van der Waals surface area contributed by atoms with E-state index in [0.29, 0.717) is 5.25 Å². The highest BCUT2D eigenvalue weighted by Gasteiger charge is 2.24. The summed E-state index contributed by atoms with van der Waals surface area (Å²) in [6.07, 6.45) is 1.03. The van der Waals surface area contributed by atoms with Crippen molar-refractivity contribution in [2.75, 3.05) is 18.8 Å². The third-order valence-electron chi connectivity index (χ3n) is 4.51. The number of thiophene rings is 1. The summed E-state index contributed by atoms with van der Waals surface area (Å²) >= 11 is 3.80. The van der Waals surface area contributed by atoms with Crippen molar-refractivity contribution in [2.24, 2.45) is 0 Å². The Kier molecular flexibility index (Phi) is 4.58. The predicted molar refractivity (Wildman–Crippen MR) is 104 cm³/mol. The molecule has 0 radical (unpaired) electrons. The van der Waals surface area contributed by atoms with Crippen molar-refractivity contribution in [2.45, 2.75) is 11.7 Å². The second-order valence-electron chi connectivity index (χ2n) is 5.98. The monoisotopic (exact) mass is 353 g/mol. The Hall–Kier alpha value is -1.78. The molecule has 0 aliphatic carbocycles. The summed E-state index contributed by atoms with van der Waals surface area (Å²) in [5, 5.41) is 4.84. The zero-order valence-corrected chi connectivity index (χ0v) is 15.0. The molecule has 1 fully saturated rings. The maximum atomic E-state index is 13.1. The molecule has 3 aromatic rings. The Morgan fingerprint density at radius 1 is 1.00 bits per heavy atom. The Bertz CT molecular complexity index is 838. The van der Waals surface area contributed by atoms with Gasteiger partial charge in [0.2, 0.25) is 0 Å². The van der Waals surface area contributed by atoms with Crippen LogP contribution in [0.15, 0.2) is 60.0 Å². The van der Waals surface area contributed by atoms with E-state index in [4.69, 9.17) is 0 Å². The smallest absolute Gasteiger partial charge is 0.254 e. The van der Waals surface area contributed by atoms with Crippen LogP contribution < -0.4 is 0 Å². The van der Waals surface area contributed by atoms with Crippen molar-refractivity contribution in [3.63, 3.8) is 0 Å². The first-order valence-corrected chi connectivity index (χ1v) is 10.2. The zero-order chi connectivity index (χ0) is 16.4. The molecule has 1 aliphatic rings. The van der Waals surface area contributed by atoms with Gasteiger partial charge in [-0.25, -0.2) is 0 Å². The summed E-state index contributed by atoms with van der Waals surface area (Å²) < 4.78 is 0. The normalized spacial score (nSPS) is 18.5. The third-order valence-corrected chi connectivity index (χ3v) is 6.95. The van der Waals surface area contributed by atoms with E-state index in [1.807, 2.05) is 58.3 Å². The first-order chi connectivity index (χ1) is 11.8. The molecule has 4 rings (SSSR count). The minimum Gasteiger partial charge on any atom is -0.338 e. The molecule has 0 N–H and O–H groups in total. The number of carbonyl (C=O) groups excluding carboxylic acids is 1. The molecule has 1 unspecified atom stereocenters. The van der Waals surface area contributed by atoms with Crippen molar-refractivity contribution in [3.05, 3.63) is 70.4 Å². The number of amides is 1. The van der Waals surface area contributed by atoms with E-state index in [2.05, 4.69) is 29.6 Å². The van der Waals surface area contributed by atoms with Gasteiger partial charge in [0.25, 0.3) is 5.91 Å². The minimum absolute atomic E-state index is 0.166. The van der Waals surface area contributed by atoms with Crippen LogP contribution in [-0.4, -0.2) is 29.6 Å². The number of hydrogen-bond acceptors (Lipinski definition) is 3. The zero-order valence-electron chi connectivity index (χ0n) is 13.4. The molecule has 4 heteroatoms. The largest absolute Gasteiger partial charge is 0.338 e.